The summed E-state index contributed by atoms with van der Waals surface area (Å²) in [6.07, 6.45) is 4.82. The van der Waals surface area contributed by atoms with E-state index in [9.17, 15) is 0 Å². The average molecular weight is 262 g/mol. The van der Waals surface area contributed by atoms with Crippen LogP contribution >= 0.6 is 11.8 Å². The molecule has 0 radical (unpaired) electrons. The van der Waals surface area contributed by atoms with Crippen LogP contribution in [0, 0.1) is 0 Å². The summed E-state index contributed by atoms with van der Waals surface area (Å²) >= 11 is 1.46. The topological polar surface area (TPSA) is 82.5 Å². The van der Waals surface area contributed by atoms with Gasteiger partial charge in [-0.05, 0) is 47.2 Å². The number of tetrazole rings is 1. The summed E-state index contributed by atoms with van der Waals surface area (Å²) in [5, 5.41) is 13.5. The average Bonchev–Trinajstić information content (AvgIpc) is 2.98. The molecule has 94 valence electrons. The molecule has 1 saturated carbocycles. The molecule has 1 fully saturated rings. The van der Waals surface area contributed by atoms with E-state index in [2.05, 4.69) is 20.5 Å². The molecule has 1 aliphatic rings. The van der Waals surface area contributed by atoms with Gasteiger partial charge in [-0.2, -0.15) is 0 Å². The maximum atomic E-state index is 5.66. The van der Waals surface area contributed by atoms with Crippen molar-refractivity contribution in [3.8, 4) is 0 Å². The molecule has 3 rings (SSSR count). The zero-order chi connectivity index (χ0) is 12.4. The van der Waals surface area contributed by atoms with Gasteiger partial charge in [-0.1, -0.05) is 18.9 Å². The van der Waals surface area contributed by atoms with Crippen molar-refractivity contribution in [1.82, 2.24) is 25.2 Å². The number of hydrogen-bond donors (Lipinski definition) is 1. The second-order valence-electron chi connectivity index (χ2n) is 4.35. The Kier molecular flexibility index (Phi) is 3.14. The van der Waals surface area contributed by atoms with E-state index in [-0.39, 0.29) is 0 Å². The van der Waals surface area contributed by atoms with Crippen molar-refractivity contribution in [2.45, 2.75) is 41.9 Å². The lowest BCUT2D eigenvalue weighted by Crippen LogP contribution is -2.08. The summed E-state index contributed by atoms with van der Waals surface area (Å²) in [5.74, 6) is 0.514. The van der Waals surface area contributed by atoms with Gasteiger partial charge in [0.2, 0.25) is 5.16 Å². The Morgan fingerprint density at radius 1 is 1.28 bits per heavy atom. The zero-order valence-corrected chi connectivity index (χ0v) is 10.7. The molecule has 0 amide bonds. The minimum Gasteiger partial charge on any atom is -0.384 e. The third-order valence-electron chi connectivity index (χ3n) is 3.07. The lowest BCUT2D eigenvalue weighted by molar-refractivity contribution is 0.423. The Hall–Kier alpha value is -1.63. The Morgan fingerprint density at radius 2 is 2.11 bits per heavy atom. The number of nitrogens with zero attached hydrogens (tertiary/aromatic N) is 5. The first-order chi connectivity index (χ1) is 8.83. The van der Waals surface area contributed by atoms with Crippen molar-refractivity contribution in [3.05, 3.63) is 18.2 Å². The van der Waals surface area contributed by atoms with Crippen LogP contribution in [0.2, 0.25) is 0 Å². The summed E-state index contributed by atoms with van der Waals surface area (Å²) in [6, 6.07) is 6.00. The first-order valence-corrected chi connectivity index (χ1v) is 6.83. The largest absolute Gasteiger partial charge is 0.384 e. The van der Waals surface area contributed by atoms with Crippen LogP contribution in [0.4, 0.5) is 5.82 Å². The molecular weight excluding hydrogens is 248 g/mol. The van der Waals surface area contributed by atoms with E-state index in [0.29, 0.717) is 11.9 Å². The van der Waals surface area contributed by atoms with Crippen LogP contribution < -0.4 is 5.73 Å². The molecule has 0 saturated heterocycles. The van der Waals surface area contributed by atoms with Gasteiger partial charge in [-0.15, -0.1) is 5.10 Å². The summed E-state index contributed by atoms with van der Waals surface area (Å²) in [5.41, 5.74) is 5.66. The van der Waals surface area contributed by atoms with Gasteiger partial charge >= 0.3 is 0 Å². The van der Waals surface area contributed by atoms with E-state index >= 15 is 0 Å². The fourth-order valence-corrected chi connectivity index (χ4v) is 3.05. The fraction of sp³-hybridized carbons (Fsp3) is 0.455. The molecule has 2 aromatic rings. The van der Waals surface area contributed by atoms with Crippen LogP contribution in [0.15, 0.2) is 28.4 Å². The predicted molar refractivity (Wildman–Crippen MR) is 68.1 cm³/mol. The molecular formula is C11H14N6S. The van der Waals surface area contributed by atoms with Gasteiger partial charge in [0.1, 0.15) is 10.8 Å². The number of aromatic nitrogens is 5. The number of pyridine rings is 1. The molecule has 7 heteroatoms. The highest BCUT2D eigenvalue weighted by Gasteiger charge is 2.22. The number of rotatable bonds is 3. The number of nitrogens with two attached hydrogens (primary N) is 1. The van der Waals surface area contributed by atoms with Crippen LogP contribution in [0.5, 0.6) is 0 Å². The van der Waals surface area contributed by atoms with Crippen molar-refractivity contribution in [3.63, 3.8) is 0 Å². The van der Waals surface area contributed by atoms with E-state index in [0.717, 1.165) is 23.0 Å². The van der Waals surface area contributed by atoms with Gasteiger partial charge in [-0.3, -0.25) is 0 Å². The number of anilines is 1. The molecule has 2 aromatic heterocycles. The minimum absolute atomic E-state index is 0.434. The van der Waals surface area contributed by atoms with Gasteiger partial charge in [0.15, 0.2) is 0 Å². The van der Waals surface area contributed by atoms with Gasteiger partial charge in [0.25, 0.3) is 0 Å². The van der Waals surface area contributed by atoms with E-state index in [1.54, 1.807) is 6.07 Å². The standard InChI is InChI=1S/C11H14N6S/c12-9-6-3-7-10(13-9)18-11-14-15-16-17(11)8-4-1-2-5-8/h3,6-8H,1-2,4-5H2,(H2,12,13). The Labute approximate surface area is 109 Å². The molecule has 0 aliphatic heterocycles. The molecule has 6 nitrogen and oxygen atoms in total. The fourth-order valence-electron chi connectivity index (χ4n) is 2.21. The van der Waals surface area contributed by atoms with E-state index in [1.165, 1.54) is 24.6 Å². The molecule has 0 bridgehead atoms. The highest BCUT2D eigenvalue weighted by Crippen LogP contribution is 2.33. The Balaban J connectivity index is 1.82. The molecule has 2 N–H and O–H groups in total. The van der Waals surface area contributed by atoms with Crippen LogP contribution in [0.3, 0.4) is 0 Å². The summed E-state index contributed by atoms with van der Waals surface area (Å²) in [7, 11) is 0. The smallest absolute Gasteiger partial charge is 0.215 e. The zero-order valence-electron chi connectivity index (χ0n) is 9.86. The van der Waals surface area contributed by atoms with E-state index in [4.69, 9.17) is 5.73 Å². The second kappa shape index (κ2) is 4.93. The highest BCUT2D eigenvalue weighted by atomic mass is 32.2. The van der Waals surface area contributed by atoms with E-state index in [1.807, 2.05) is 16.8 Å². The molecule has 0 unspecified atom stereocenters. The maximum Gasteiger partial charge on any atom is 0.215 e. The molecule has 1 aliphatic carbocycles. The third kappa shape index (κ3) is 2.31. The van der Waals surface area contributed by atoms with Gasteiger partial charge < -0.3 is 5.73 Å². The van der Waals surface area contributed by atoms with Crippen LogP contribution in [0.1, 0.15) is 31.7 Å². The molecule has 2 heterocycles. The summed E-state index contributed by atoms with van der Waals surface area (Å²) in [4.78, 5) is 4.25. The molecule has 0 aromatic carbocycles. The van der Waals surface area contributed by atoms with Crippen molar-refractivity contribution < 1.29 is 0 Å². The van der Waals surface area contributed by atoms with Crippen molar-refractivity contribution in [2.24, 2.45) is 0 Å². The van der Waals surface area contributed by atoms with Gasteiger partial charge in [-0.25, -0.2) is 9.67 Å². The summed E-state index contributed by atoms with van der Waals surface area (Å²) < 4.78 is 1.92. The number of nitrogen functional groups attached to an aromatic ring is 1. The predicted octanol–water partition coefficient (Wildman–Crippen LogP) is 1.92. The quantitative estimate of drug-likeness (QED) is 0.910. The molecule has 0 atom stereocenters. The van der Waals surface area contributed by atoms with Gasteiger partial charge in [0.05, 0.1) is 6.04 Å². The number of hydrogen-bond acceptors (Lipinski definition) is 6. The highest BCUT2D eigenvalue weighted by molar-refractivity contribution is 7.99. The maximum absolute atomic E-state index is 5.66. The van der Waals surface area contributed by atoms with Crippen molar-refractivity contribution in [1.29, 1.82) is 0 Å². The van der Waals surface area contributed by atoms with Crippen LogP contribution in [-0.2, 0) is 0 Å². The first-order valence-electron chi connectivity index (χ1n) is 6.01. The Morgan fingerprint density at radius 3 is 2.89 bits per heavy atom. The van der Waals surface area contributed by atoms with Crippen molar-refractivity contribution >= 4 is 17.6 Å². The second-order valence-corrected chi connectivity index (χ2v) is 5.33. The van der Waals surface area contributed by atoms with E-state index < -0.39 is 0 Å². The lowest BCUT2D eigenvalue weighted by Gasteiger charge is -2.10. The minimum atomic E-state index is 0.434. The monoisotopic (exact) mass is 262 g/mol. The Bertz CT molecular complexity index is 534. The van der Waals surface area contributed by atoms with Crippen LogP contribution in [-0.4, -0.2) is 25.2 Å². The normalized spacial score (nSPS) is 16.2. The molecule has 0 spiro atoms. The summed E-state index contributed by atoms with van der Waals surface area (Å²) in [6.45, 7) is 0. The van der Waals surface area contributed by atoms with Gasteiger partial charge in [0, 0.05) is 0 Å². The molecule has 18 heavy (non-hydrogen) atoms. The first kappa shape index (κ1) is 11.5. The SMILES string of the molecule is Nc1cccc(Sc2nnnn2C2CCCC2)n1. The van der Waals surface area contributed by atoms with Crippen LogP contribution in [0.25, 0.3) is 0 Å². The van der Waals surface area contributed by atoms with Crippen molar-refractivity contribution in [2.75, 3.05) is 5.73 Å². The third-order valence-corrected chi connectivity index (χ3v) is 3.96. The lowest BCUT2D eigenvalue weighted by atomic mass is 10.3.